The number of ether oxygens (including phenoxy) is 1. The van der Waals surface area contributed by atoms with Crippen molar-refractivity contribution in [1.29, 1.82) is 0 Å². The van der Waals surface area contributed by atoms with Gasteiger partial charge in [-0.1, -0.05) is 40.9 Å². The van der Waals surface area contributed by atoms with Crippen molar-refractivity contribution in [2.45, 2.75) is 32.6 Å². The fourth-order valence-corrected chi connectivity index (χ4v) is 4.86. The van der Waals surface area contributed by atoms with Crippen LogP contribution in [-0.4, -0.2) is 34.1 Å². The Kier molecular flexibility index (Phi) is 5.66. The molecule has 32 heavy (non-hydrogen) atoms. The number of piperidine rings is 1. The van der Waals surface area contributed by atoms with Gasteiger partial charge in [0.2, 0.25) is 0 Å². The summed E-state index contributed by atoms with van der Waals surface area (Å²) < 4.78 is 5.47. The summed E-state index contributed by atoms with van der Waals surface area (Å²) in [6, 6.07) is 12.0. The van der Waals surface area contributed by atoms with Crippen LogP contribution in [-0.2, 0) is 12.8 Å². The van der Waals surface area contributed by atoms with E-state index in [1.165, 1.54) is 27.8 Å². The lowest BCUT2D eigenvalue weighted by molar-refractivity contribution is 0.148. The third-order valence-electron chi connectivity index (χ3n) is 6.23. The Hall–Kier alpha value is -3.18. The molecule has 3 aromatic rings. The number of likely N-dealkylation sites (tertiary alicyclic amines) is 1. The molecule has 1 fully saturated rings. The number of amides is 1. The third-order valence-corrected chi connectivity index (χ3v) is 6.58. The summed E-state index contributed by atoms with van der Waals surface area (Å²) >= 11 is 6.60. The zero-order valence-corrected chi connectivity index (χ0v) is 18.7. The lowest BCUT2D eigenvalue weighted by Gasteiger charge is -2.29. The first-order chi connectivity index (χ1) is 15.6. The molecule has 5 nitrogen and oxygen atoms in total. The lowest BCUT2D eigenvalue weighted by Crippen LogP contribution is -2.38. The van der Waals surface area contributed by atoms with Gasteiger partial charge in [0, 0.05) is 36.1 Å². The zero-order chi connectivity index (χ0) is 22.1. The molecule has 0 spiro atoms. The standard InChI is InChI=1S/C26H24ClN3O2/c1-17-4-6-21-19(15-17)5-7-22-23(27)8-12-29-25(22)24(21)18-9-13-30(14-10-18)26(31)32-20-3-2-11-28-16-20/h2-4,6,8,11-12,15-16H,5,7,9-10,13-14H2,1H3. The molecular formula is C26H24ClN3O2. The topological polar surface area (TPSA) is 55.3 Å². The Balaban J connectivity index is 1.47. The van der Waals surface area contributed by atoms with E-state index in [9.17, 15) is 4.79 Å². The van der Waals surface area contributed by atoms with Crippen molar-refractivity contribution in [2.24, 2.45) is 0 Å². The van der Waals surface area contributed by atoms with E-state index in [1.807, 2.05) is 6.07 Å². The highest BCUT2D eigenvalue weighted by Gasteiger charge is 2.28. The van der Waals surface area contributed by atoms with E-state index in [-0.39, 0.29) is 6.09 Å². The molecule has 5 rings (SSSR count). The number of pyridine rings is 2. The Morgan fingerprint density at radius 1 is 1.06 bits per heavy atom. The van der Waals surface area contributed by atoms with Crippen LogP contribution in [0.25, 0.3) is 5.57 Å². The van der Waals surface area contributed by atoms with Gasteiger partial charge in [-0.15, -0.1) is 0 Å². The SMILES string of the molecule is Cc1ccc2c(c1)CCc1c(Cl)ccnc1C2=C1CCN(C(=O)Oc2cccnc2)CC1. The molecule has 3 heterocycles. The van der Waals surface area contributed by atoms with Crippen molar-refractivity contribution in [3.05, 3.63) is 93.5 Å². The smallest absolute Gasteiger partial charge is 0.409 e. The molecule has 0 atom stereocenters. The maximum absolute atomic E-state index is 12.6. The van der Waals surface area contributed by atoms with E-state index >= 15 is 0 Å². The summed E-state index contributed by atoms with van der Waals surface area (Å²) in [5.74, 6) is 0.461. The first kappa shape index (κ1) is 20.7. The van der Waals surface area contributed by atoms with Gasteiger partial charge in [-0.25, -0.2) is 4.79 Å². The predicted molar refractivity (Wildman–Crippen MR) is 125 cm³/mol. The molecule has 162 valence electrons. The van der Waals surface area contributed by atoms with E-state index in [0.717, 1.165) is 42.0 Å². The van der Waals surface area contributed by atoms with Crippen molar-refractivity contribution in [3.63, 3.8) is 0 Å². The molecule has 0 radical (unpaired) electrons. The average Bonchev–Trinajstić information content (AvgIpc) is 2.97. The molecule has 0 N–H and O–H groups in total. The second-order valence-corrected chi connectivity index (χ2v) is 8.71. The van der Waals surface area contributed by atoms with Crippen molar-refractivity contribution >= 4 is 23.3 Å². The zero-order valence-electron chi connectivity index (χ0n) is 18.0. The molecule has 6 heteroatoms. The predicted octanol–water partition coefficient (Wildman–Crippen LogP) is 5.63. The van der Waals surface area contributed by atoms with Crippen LogP contribution in [0.5, 0.6) is 5.75 Å². The Bertz CT molecular complexity index is 1200. The van der Waals surface area contributed by atoms with Crippen LogP contribution in [0, 0.1) is 6.92 Å². The number of fused-ring (bicyclic) bond motifs is 2. The number of benzene rings is 1. The average molecular weight is 446 g/mol. The molecule has 1 aliphatic heterocycles. The van der Waals surface area contributed by atoms with Crippen LogP contribution >= 0.6 is 11.6 Å². The fourth-order valence-electron chi connectivity index (χ4n) is 4.62. The van der Waals surface area contributed by atoms with Gasteiger partial charge < -0.3 is 9.64 Å². The molecule has 0 saturated carbocycles. The molecule has 0 bridgehead atoms. The van der Waals surface area contributed by atoms with Crippen molar-refractivity contribution in [3.8, 4) is 5.75 Å². The minimum absolute atomic E-state index is 0.333. The second-order valence-electron chi connectivity index (χ2n) is 8.30. The number of rotatable bonds is 1. The number of aryl methyl sites for hydroxylation is 2. The minimum atomic E-state index is -0.333. The van der Waals surface area contributed by atoms with Gasteiger partial charge in [0.25, 0.3) is 0 Å². The van der Waals surface area contributed by atoms with Crippen LogP contribution in [0.2, 0.25) is 5.02 Å². The summed E-state index contributed by atoms with van der Waals surface area (Å²) in [6.45, 7) is 3.34. The van der Waals surface area contributed by atoms with Gasteiger partial charge in [0.05, 0.1) is 11.9 Å². The molecular weight excluding hydrogens is 422 g/mol. The highest BCUT2D eigenvalue weighted by molar-refractivity contribution is 6.31. The Labute approximate surface area is 192 Å². The maximum atomic E-state index is 12.6. The van der Waals surface area contributed by atoms with Gasteiger partial charge in [-0.2, -0.15) is 0 Å². The molecule has 0 unspecified atom stereocenters. The molecule has 1 amide bonds. The van der Waals surface area contributed by atoms with Gasteiger partial charge in [0.1, 0.15) is 0 Å². The van der Waals surface area contributed by atoms with Crippen LogP contribution < -0.4 is 4.74 Å². The summed E-state index contributed by atoms with van der Waals surface area (Å²) in [5.41, 5.74) is 8.44. The molecule has 1 aliphatic carbocycles. The molecule has 1 saturated heterocycles. The maximum Gasteiger partial charge on any atom is 0.415 e. The largest absolute Gasteiger partial charge is 0.415 e. The van der Waals surface area contributed by atoms with E-state index in [0.29, 0.717) is 18.8 Å². The summed E-state index contributed by atoms with van der Waals surface area (Å²) in [6.07, 6.45) is 8.03. The molecule has 2 aromatic heterocycles. The summed E-state index contributed by atoms with van der Waals surface area (Å²) in [5, 5.41) is 0.773. The second kappa shape index (κ2) is 8.75. The molecule has 1 aromatic carbocycles. The third kappa shape index (κ3) is 4.00. The number of carbonyl (C=O) groups is 1. The normalized spacial score (nSPS) is 15.6. The first-order valence-electron chi connectivity index (χ1n) is 10.9. The van der Waals surface area contributed by atoms with Gasteiger partial charge >= 0.3 is 6.09 Å². The number of hydrogen-bond acceptors (Lipinski definition) is 4. The van der Waals surface area contributed by atoms with E-state index in [1.54, 1.807) is 35.6 Å². The van der Waals surface area contributed by atoms with Crippen LogP contribution in [0.4, 0.5) is 4.79 Å². The number of hydrogen-bond donors (Lipinski definition) is 0. The molecule has 2 aliphatic rings. The van der Waals surface area contributed by atoms with Gasteiger partial charge in [-0.05, 0) is 67.5 Å². The van der Waals surface area contributed by atoms with E-state index in [2.05, 4.69) is 30.1 Å². The van der Waals surface area contributed by atoms with Crippen molar-refractivity contribution in [1.82, 2.24) is 14.9 Å². The van der Waals surface area contributed by atoms with Crippen molar-refractivity contribution < 1.29 is 9.53 Å². The van der Waals surface area contributed by atoms with Gasteiger partial charge in [-0.3, -0.25) is 9.97 Å². The van der Waals surface area contributed by atoms with Crippen LogP contribution in [0.3, 0.4) is 0 Å². The summed E-state index contributed by atoms with van der Waals surface area (Å²) in [4.78, 5) is 23.1. The van der Waals surface area contributed by atoms with E-state index < -0.39 is 0 Å². The monoisotopic (exact) mass is 445 g/mol. The number of aromatic nitrogens is 2. The number of carbonyl (C=O) groups excluding carboxylic acids is 1. The van der Waals surface area contributed by atoms with Crippen molar-refractivity contribution in [2.75, 3.05) is 13.1 Å². The Morgan fingerprint density at radius 2 is 1.91 bits per heavy atom. The van der Waals surface area contributed by atoms with Gasteiger partial charge in [0.15, 0.2) is 5.75 Å². The Morgan fingerprint density at radius 3 is 2.69 bits per heavy atom. The lowest BCUT2D eigenvalue weighted by atomic mass is 9.88. The van der Waals surface area contributed by atoms with E-state index in [4.69, 9.17) is 21.3 Å². The van der Waals surface area contributed by atoms with Crippen LogP contribution in [0.15, 0.2) is 60.6 Å². The quantitative estimate of drug-likeness (QED) is 0.486. The highest BCUT2D eigenvalue weighted by Crippen LogP contribution is 2.39. The minimum Gasteiger partial charge on any atom is -0.409 e. The summed E-state index contributed by atoms with van der Waals surface area (Å²) in [7, 11) is 0. The van der Waals surface area contributed by atoms with Crippen LogP contribution in [0.1, 0.15) is 40.8 Å². The number of nitrogens with zero attached hydrogens (tertiary/aromatic N) is 3. The fraction of sp³-hybridized carbons (Fsp3) is 0.269. The number of halogens is 1. The highest BCUT2D eigenvalue weighted by atomic mass is 35.5. The first-order valence-corrected chi connectivity index (χ1v) is 11.3.